The Morgan fingerprint density at radius 3 is 2.89 bits per heavy atom. The number of rotatable bonds is 4. The predicted octanol–water partition coefficient (Wildman–Crippen LogP) is 2.93. The van der Waals surface area contributed by atoms with Crippen molar-refractivity contribution in [1.82, 2.24) is 4.90 Å². The SMILES string of the molecule is COc1c2c(cc3c1C(CC(=NO)c1ccccc1O)N(C)CC3)OCO2. The van der Waals surface area contributed by atoms with Gasteiger partial charge in [-0.05, 0) is 37.2 Å². The number of aromatic hydroxyl groups is 1. The number of likely N-dealkylation sites (N-methyl/N-ethyl adjacent to an activating group) is 1. The van der Waals surface area contributed by atoms with E-state index in [1.165, 1.54) is 0 Å². The Balaban J connectivity index is 1.78. The van der Waals surface area contributed by atoms with Crippen molar-refractivity contribution in [2.24, 2.45) is 5.16 Å². The quantitative estimate of drug-likeness (QED) is 0.489. The van der Waals surface area contributed by atoms with Crippen LogP contribution in [0.15, 0.2) is 35.5 Å². The van der Waals surface area contributed by atoms with E-state index >= 15 is 0 Å². The van der Waals surface area contributed by atoms with E-state index in [-0.39, 0.29) is 18.6 Å². The highest BCUT2D eigenvalue weighted by Gasteiger charge is 2.35. The molecule has 0 aromatic heterocycles. The Kier molecular flexibility index (Phi) is 4.53. The molecule has 1 atom stereocenters. The summed E-state index contributed by atoms with van der Waals surface area (Å²) < 4.78 is 16.9. The van der Waals surface area contributed by atoms with Gasteiger partial charge in [0.2, 0.25) is 12.5 Å². The number of hydrogen-bond acceptors (Lipinski definition) is 7. The first-order chi connectivity index (χ1) is 13.1. The summed E-state index contributed by atoms with van der Waals surface area (Å²) in [6, 6.07) is 8.78. The summed E-state index contributed by atoms with van der Waals surface area (Å²) in [7, 11) is 3.64. The first-order valence-corrected chi connectivity index (χ1v) is 8.83. The average Bonchev–Trinajstić information content (AvgIpc) is 3.15. The van der Waals surface area contributed by atoms with Crippen molar-refractivity contribution in [2.45, 2.75) is 18.9 Å². The molecule has 7 nitrogen and oxygen atoms in total. The van der Waals surface area contributed by atoms with Crippen LogP contribution >= 0.6 is 0 Å². The van der Waals surface area contributed by atoms with Crippen LogP contribution in [0.25, 0.3) is 0 Å². The summed E-state index contributed by atoms with van der Waals surface area (Å²) in [6.07, 6.45) is 1.27. The zero-order valence-electron chi connectivity index (χ0n) is 15.3. The van der Waals surface area contributed by atoms with Crippen molar-refractivity contribution in [3.05, 3.63) is 47.0 Å². The number of phenolic OH excluding ortho intramolecular Hbond substituents is 1. The van der Waals surface area contributed by atoms with Crippen LogP contribution in [0.1, 0.15) is 29.2 Å². The van der Waals surface area contributed by atoms with Gasteiger partial charge in [0.15, 0.2) is 11.5 Å². The van der Waals surface area contributed by atoms with Crippen LogP contribution in [0.5, 0.6) is 23.0 Å². The second-order valence-corrected chi connectivity index (χ2v) is 6.73. The third-order valence-electron chi connectivity index (χ3n) is 5.27. The molecule has 0 saturated carbocycles. The molecule has 0 fully saturated rings. The van der Waals surface area contributed by atoms with Crippen molar-refractivity contribution in [3.8, 4) is 23.0 Å². The Morgan fingerprint density at radius 2 is 2.15 bits per heavy atom. The van der Waals surface area contributed by atoms with Crippen molar-refractivity contribution < 1.29 is 24.5 Å². The number of phenols is 1. The zero-order valence-corrected chi connectivity index (χ0v) is 15.3. The molecule has 0 radical (unpaired) electrons. The molecule has 2 heterocycles. The predicted molar refractivity (Wildman–Crippen MR) is 99.2 cm³/mol. The normalized spacial score (nSPS) is 19.0. The minimum absolute atomic E-state index is 0.0848. The van der Waals surface area contributed by atoms with Gasteiger partial charge in [0.05, 0.1) is 12.8 Å². The summed E-state index contributed by atoms with van der Waals surface area (Å²) in [4.78, 5) is 2.19. The van der Waals surface area contributed by atoms with Crippen LogP contribution in [0.2, 0.25) is 0 Å². The number of benzene rings is 2. The molecule has 2 aromatic carbocycles. The lowest BCUT2D eigenvalue weighted by Gasteiger charge is -2.36. The molecule has 7 heteroatoms. The van der Waals surface area contributed by atoms with Crippen LogP contribution in [0.3, 0.4) is 0 Å². The van der Waals surface area contributed by atoms with E-state index in [1.807, 2.05) is 13.1 Å². The number of hydrogen-bond donors (Lipinski definition) is 2. The highest BCUT2D eigenvalue weighted by atomic mass is 16.7. The largest absolute Gasteiger partial charge is 0.507 e. The Hall–Kier alpha value is -2.93. The van der Waals surface area contributed by atoms with Gasteiger partial charge in [0, 0.05) is 30.1 Å². The molecule has 0 aliphatic carbocycles. The average molecular weight is 370 g/mol. The topological polar surface area (TPSA) is 83.8 Å². The van der Waals surface area contributed by atoms with Gasteiger partial charge in [0.25, 0.3) is 0 Å². The van der Waals surface area contributed by atoms with E-state index in [4.69, 9.17) is 14.2 Å². The maximum Gasteiger partial charge on any atom is 0.231 e. The summed E-state index contributed by atoms with van der Waals surface area (Å²) in [5, 5.41) is 23.3. The third-order valence-corrected chi connectivity index (χ3v) is 5.27. The van der Waals surface area contributed by atoms with Crippen LogP contribution in [-0.4, -0.2) is 48.4 Å². The number of ether oxygens (including phenoxy) is 3. The molecule has 0 amide bonds. The molecule has 0 saturated heterocycles. The molecule has 27 heavy (non-hydrogen) atoms. The molecule has 0 bridgehead atoms. The Morgan fingerprint density at radius 1 is 1.33 bits per heavy atom. The second-order valence-electron chi connectivity index (χ2n) is 6.73. The van der Waals surface area contributed by atoms with E-state index in [1.54, 1.807) is 31.4 Å². The van der Waals surface area contributed by atoms with Crippen LogP contribution in [0.4, 0.5) is 0 Å². The Labute approximate surface area is 157 Å². The molecule has 4 rings (SSSR count). The van der Waals surface area contributed by atoms with E-state index in [9.17, 15) is 10.3 Å². The standard InChI is InChI=1S/C20H22N2O5/c1-22-8-7-12-9-17-19(27-11-26-17)20(25-2)18(12)15(22)10-14(21-24)13-5-3-4-6-16(13)23/h3-6,9,15,23-24H,7-8,10-11H2,1-2H3. The number of methoxy groups -OCH3 is 1. The maximum absolute atomic E-state index is 10.2. The maximum atomic E-state index is 10.2. The van der Waals surface area contributed by atoms with Crippen molar-refractivity contribution >= 4 is 5.71 Å². The van der Waals surface area contributed by atoms with Crippen molar-refractivity contribution in [1.29, 1.82) is 0 Å². The summed E-state index contributed by atoms with van der Waals surface area (Å²) in [5.74, 6) is 2.06. The van der Waals surface area contributed by atoms with E-state index < -0.39 is 0 Å². The first-order valence-electron chi connectivity index (χ1n) is 8.83. The van der Waals surface area contributed by atoms with Gasteiger partial charge in [-0.15, -0.1) is 0 Å². The molecule has 2 aliphatic heterocycles. The van der Waals surface area contributed by atoms with Crippen molar-refractivity contribution in [3.63, 3.8) is 0 Å². The van der Waals surface area contributed by atoms with Gasteiger partial charge in [-0.1, -0.05) is 17.3 Å². The van der Waals surface area contributed by atoms with Gasteiger partial charge in [0.1, 0.15) is 5.75 Å². The molecule has 2 aliphatic rings. The minimum atomic E-state index is -0.0938. The Bertz CT molecular complexity index is 896. The second kappa shape index (κ2) is 7.00. The van der Waals surface area contributed by atoms with E-state index in [2.05, 4.69) is 10.1 Å². The number of oxime groups is 1. The fourth-order valence-electron chi connectivity index (χ4n) is 3.89. The number of nitrogens with zero attached hydrogens (tertiary/aromatic N) is 2. The van der Waals surface area contributed by atoms with Gasteiger partial charge in [-0.3, -0.25) is 4.90 Å². The molecular formula is C20H22N2O5. The molecule has 2 aromatic rings. The highest BCUT2D eigenvalue weighted by molar-refractivity contribution is 6.02. The zero-order chi connectivity index (χ0) is 19.0. The van der Waals surface area contributed by atoms with Gasteiger partial charge in [-0.2, -0.15) is 0 Å². The number of para-hydroxylation sites is 1. The third kappa shape index (κ3) is 2.94. The lowest BCUT2D eigenvalue weighted by molar-refractivity contribution is 0.170. The summed E-state index contributed by atoms with van der Waals surface area (Å²) >= 11 is 0. The fraction of sp³-hybridized carbons (Fsp3) is 0.350. The molecule has 2 N–H and O–H groups in total. The van der Waals surface area contributed by atoms with Gasteiger partial charge in [-0.25, -0.2) is 0 Å². The lowest BCUT2D eigenvalue weighted by atomic mass is 9.87. The number of fused-ring (bicyclic) bond motifs is 2. The molecule has 142 valence electrons. The van der Waals surface area contributed by atoms with Gasteiger partial charge < -0.3 is 24.5 Å². The molecular weight excluding hydrogens is 348 g/mol. The first kappa shape index (κ1) is 17.5. The lowest BCUT2D eigenvalue weighted by Crippen LogP contribution is -2.34. The smallest absolute Gasteiger partial charge is 0.231 e. The van der Waals surface area contributed by atoms with Crippen molar-refractivity contribution in [2.75, 3.05) is 27.5 Å². The van der Waals surface area contributed by atoms with Gasteiger partial charge >= 0.3 is 0 Å². The summed E-state index contributed by atoms with van der Waals surface area (Å²) in [5.41, 5.74) is 3.07. The fourth-order valence-corrected chi connectivity index (χ4v) is 3.89. The minimum Gasteiger partial charge on any atom is -0.507 e. The highest BCUT2D eigenvalue weighted by Crippen LogP contribution is 2.50. The van der Waals surface area contributed by atoms with E-state index in [0.29, 0.717) is 34.9 Å². The van der Waals surface area contributed by atoms with E-state index in [0.717, 1.165) is 24.1 Å². The monoisotopic (exact) mass is 370 g/mol. The molecule has 0 spiro atoms. The van der Waals surface area contributed by atoms with Crippen LogP contribution in [-0.2, 0) is 6.42 Å². The molecule has 1 unspecified atom stereocenters. The van der Waals surface area contributed by atoms with Crippen LogP contribution in [0, 0.1) is 0 Å². The summed E-state index contributed by atoms with van der Waals surface area (Å²) in [6.45, 7) is 1.02. The van der Waals surface area contributed by atoms with Crippen LogP contribution < -0.4 is 14.2 Å².